The van der Waals surface area contributed by atoms with Gasteiger partial charge in [-0.3, -0.25) is 0 Å². The van der Waals surface area contributed by atoms with Crippen LogP contribution in [-0.4, -0.2) is 18.3 Å². The van der Waals surface area contributed by atoms with E-state index < -0.39 is 6.09 Å². The number of ether oxygens (including phenoxy) is 1. The number of nitrogens with one attached hydrogen (secondary N) is 1. The Morgan fingerprint density at radius 3 is 2.88 bits per heavy atom. The normalized spacial score (nSPS) is 12.4. The summed E-state index contributed by atoms with van der Waals surface area (Å²) >= 11 is 0. The minimum atomic E-state index is -0.597. The molecule has 5 heteroatoms. The van der Waals surface area contributed by atoms with Crippen LogP contribution in [0, 0.1) is 0 Å². The topological polar surface area (TPSA) is 76.7 Å². The van der Waals surface area contributed by atoms with Crippen LogP contribution in [0.5, 0.6) is 0 Å². The Balaban J connectivity index is 2.26. The number of nitrogens with zero attached hydrogens (tertiary/aromatic N) is 1. The Bertz CT molecular complexity index is 350. The number of amides is 1. The molecule has 0 spiro atoms. The highest BCUT2D eigenvalue weighted by molar-refractivity contribution is 5.70. The van der Waals surface area contributed by atoms with Gasteiger partial charge < -0.3 is 10.5 Å². The monoisotopic (exact) mass is 221 g/mol. The number of nitrogens with two attached hydrogens (primary N) is 1. The van der Waals surface area contributed by atoms with E-state index in [4.69, 9.17) is 10.5 Å². The van der Waals surface area contributed by atoms with Gasteiger partial charge in [-0.15, -0.1) is 0 Å². The molecule has 0 saturated heterocycles. The Kier molecular flexibility index (Phi) is 5.01. The van der Waals surface area contributed by atoms with Gasteiger partial charge in [-0.2, -0.15) is 5.10 Å². The second-order valence-corrected chi connectivity index (χ2v) is 3.31. The summed E-state index contributed by atoms with van der Waals surface area (Å²) in [6.07, 6.45) is 0.824. The summed E-state index contributed by atoms with van der Waals surface area (Å²) in [5.74, 6) is 0. The largest absolute Gasteiger partial charge is 0.443 e. The molecule has 0 saturated carbocycles. The average Bonchev–Trinajstić information content (AvgIpc) is 2.27. The van der Waals surface area contributed by atoms with Crippen molar-refractivity contribution in [3.8, 4) is 0 Å². The Morgan fingerprint density at radius 1 is 1.56 bits per heavy atom. The zero-order chi connectivity index (χ0) is 11.8. The molecule has 0 aliphatic rings. The maximum absolute atomic E-state index is 11.1. The van der Waals surface area contributed by atoms with Crippen LogP contribution in [0.25, 0.3) is 0 Å². The number of hydrogen-bond acceptors (Lipinski definition) is 4. The van der Waals surface area contributed by atoms with Crippen LogP contribution in [-0.2, 0) is 11.3 Å². The van der Waals surface area contributed by atoms with Gasteiger partial charge in [0.05, 0.1) is 0 Å². The molecule has 1 unspecified atom stereocenters. The van der Waals surface area contributed by atoms with Gasteiger partial charge in [0, 0.05) is 12.3 Å². The Labute approximate surface area is 94.3 Å². The first-order valence-electron chi connectivity index (χ1n) is 4.94. The lowest BCUT2D eigenvalue weighted by Gasteiger charge is -2.03. The minimum absolute atomic E-state index is 0.200. The second kappa shape index (κ2) is 6.58. The van der Waals surface area contributed by atoms with Gasteiger partial charge in [-0.05, 0) is 12.5 Å². The molecule has 0 aliphatic carbocycles. The van der Waals surface area contributed by atoms with Crippen molar-refractivity contribution < 1.29 is 9.53 Å². The van der Waals surface area contributed by atoms with E-state index in [1.807, 2.05) is 30.3 Å². The fourth-order valence-electron chi connectivity index (χ4n) is 0.963. The first-order valence-corrected chi connectivity index (χ1v) is 4.94. The van der Waals surface area contributed by atoms with E-state index in [0.717, 1.165) is 5.56 Å². The fourth-order valence-corrected chi connectivity index (χ4v) is 0.963. The summed E-state index contributed by atoms with van der Waals surface area (Å²) in [7, 11) is 0. The molecule has 1 aromatic rings. The van der Waals surface area contributed by atoms with Gasteiger partial charge in [0.2, 0.25) is 0 Å². The van der Waals surface area contributed by atoms with Crippen LogP contribution < -0.4 is 11.2 Å². The lowest BCUT2D eigenvalue weighted by molar-refractivity contribution is 0.140. The first-order chi connectivity index (χ1) is 7.68. The van der Waals surface area contributed by atoms with Crippen molar-refractivity contribution in [3.63, 3.8) is 0 Å². The van der Waals surface area contributed by atoms with E-state index in [1.165, 1.54) is 6.21 Å². The third-order valence-electron chi connectivity index (χ3n) is 1.68. The van der Waals surface area contributed by atoms with E-state index in [-0.39, 0.29) is 12.6 Å². The van der Waals surface area contributed by atoms with Crippen LogP contribution in [0.3, 0.4) is 0 Å². The summed E-state index contributed by atoms with van der Waals surface area (Å²) in [4.78, 5) is 11.1. The molecule has 0 aromatic heterocycles. The van der Waals surface area contributed by atoms with Crippen LogP contribution in [0.15, 0.2) is 35.4 Å². The van der Waals surface area contributed by atoms with Crippen molar-refractivity contribution in [1.82, 2.24) is 5.43 Å². The summed E-state index contributed by atoms with van der Waals surface area (Å²) in [6.45, 7) is 1.97. The van der Waals surface area contributed by atoms with Crippen molar-refractivity contribution >= 4 is 12.3 Å². The van der Waals surface area contributed by atoms with E-state index in [0.29, 0.717) is 0 Å². The maximum Gasteiger partial charge on any atom is 0.428 e. The van der Waals surface area contributed by atoms with Gasteiger partial charge in [-0.1, -0.05) is 30.3 Å². The Morgan fingerprint density at radius 2 is 2.25 bits per heavy atom. The molecule has 16 heavy (non-hydrogen) atoms. The van der Waals surface area contributed by atoms with Crippen molar-refractivity contribution in [1.29, 1.82) is 0 Å². The molecule has 0 fully saturated rings. The molecule has 3 N–H and O–H groups in total. The third-order valence-corrected chi connectivity index (χ3v) is 1.68. The highest BCUT2D eigenvalue weighted by atomic mass is 16.5. The van der Waals surface area contributed by atoms with Crippen LogP contribution >= 0.6 is 0 Å². The maximum atomic E-state index is 11.1. The number of rotatable bonds is 4. The molecule has 0 radical (unpaired) electrons. The zero-order valence-electron chi connectivity index (χ0n) is 9.09. The SMILES string of the molecule is CC(N)C=NNC(=O)OCc1ccccc1. The quantitative estimate of drug-likeness (QED) is 0.593. The van der Waals surface area contributed by atoms with Gasteiger partial charge in [0.1, 0.15) is 6.61 Å². The second-order valence-electron chi connectivity index (χ2n) is 3.31. The molecule has 5 nitrogen and oxygen atoms in total. The van der Waals surface area contributed by atoms with Crippen molar-refractivity contribution in [2.75, 3.05) is 0 Å². The van der Waals surface area contributed by atoms with E-state index in [2.05, 4.69) is 10.5 Å². The summed E-state index contributed by atoms with van der Waals surface area (Å²) in [6, 6.07) is 9.21. The third kappa shape index (κ3) is 5.11. The van der Waals surface area contributed by atoms with E-state index in [1.54, 1.807) is 6.92 Å². The fraction of sp³-hybridized carbons (Fsp3) is 0.273. The number of hydrogen-bond donors (Lipinski definition) is 2. The minimum Gasteiger partial charge on any atom is -0.443 e. The first kappa shape index (κ1) is 12.2. The lowest BCUT2D eigenvalue weighted by atomic mass is 10.2. The molecule has 1 atom stereocenters. The molecular formula is C11H15N3O2. The van der Waals surface area contributed by atoms with Crippen molar-refractivity contribution in [3.05, 3.63) is 35.9 Å². The highest BCUT2D eigenvalue weighted by Crippen LogP contribution is 2.00. The molecule has 1 aromatic carbocycles. The predicted octanol–water partition coefficient (Wildman–Crippen LogP) is 1.25. The van der Waals surface area contributed by atoms with Gasteiger partial charge >= 0.3 is 6.09 Å². The summed E-state index contributed by atoms with van der Waals surface area (Å²) < 4.78 is 4.91. The number of hydrazone groups is 1. The average molecular weight is 221 g/mol. The molecule has 1 amide bonds. The summed E-state index contributed by atoms with van der Waals surface area (Å²) in [5.41, 5.74) is 8.54. The molecule has 0 heterocycles. The predicted molar refractivity (Wildman–Crippen MR) is 61.9 cm³/mol. The molecule has 86 valence electrons. The number of carbonyl (C=O) groups is 1. The Hall–Kier alpha value is -1.88. The van der Waals surface area contributed by atoms with E-state index >= 15 is 0 Å². The standard InChI is InChI=1S/C11H15N3O2/c1-9(12)7-13-14-11(15)16-8-10-5-3-2-4-6-10/h2-7,9H,8,12H2,1H3,(H,14,15). The molecule has 1 rings (SSSR count). The van der Waals surface area contributed by atoms with E-state index in [9.17, 15) is 4.79 Å². The van der Waals surface area contributed by atoms with Gasteiger partial charge in [-0.25, -0.2) is 10.2 Å². The molecule has 0 bridgehead atoms. The number of carbonyl (C=O) groups excluding carboxylic acids is 1. The number of benzene rings is 1. The zero-order valence-corrected chi connectivity index (χ0v) is 9.09. The highest BCUT2D eigenvalue weighted by Gasteiger charge is 1.99. The van der Waals surface area contributed by atoms with Gasteiger partial charge in [0.15, 0.2) is 0 Å². The smallest absolute Gasteiger partial charge is 0.428 e. The van der Waals surface area contributed by atoms with Crippen molar-refractivity contribution in [2.45, 2.75) is 19.6 Å². The van der Waals surface area contributed by atoms with Crippen LogP contribution in [0.2, 0.25) is 0 Å². The summed E-state index contributed by atoms with van der Waals surface area (Å²) in [5, 5.41) is 3.61. The lowest BCUT2D eigenvalue weighted by Crippen LogP contribution is -2.22. The van der Waals surface area contributed by atoms with Crippen molar-refractivity contribution in [2.24, 2.45) is 10.8 Å². The molecule has 0 aliphatic heterocycles. The van der Waals surface area contributed by atoms with Crippen LogP contribution in [0.1, 0.15) is 12.5 Å². The van der Waals surface area contributed by atoms with Gasteiger partial charge in [0.25, 0.3) is 0 Å². The van der Waals surface area contributed by atoms with Crippen LogP contribution in [0.4, 0.5) is 4.79 Å². The molecular weight excluding hydrogens is 206 g/mol.